The van der Waals surface area contributed by atoms with Gasteiger partial charge in [-0.1, -0.05) is 12.1 Å². The van der Waals surface area contributed by atoms with E-state index in [1.54, 1.807) is 31.4 Å². The molecule has 1 atom stereocenters. The Balaban J connectivity index is 1.96. The lowest BCUT2D eigenvalue weighted by Crippen LogP contribution is -2.25. The molecule has 0 fully saturated rings. The molecule has 126 valence electrons. The molecule has 0 unspecified atom stereocenters. The number of rotatable bonds is 4. The zero-order valence-electron chi connectivity index (χ0n) is 13.3. The van der Waals surface area contributed by atoms with Crippen LogP contribution in [0.2, 0.25) is 0 Å². The van der Waals surface area contributed by atoms with Crippen LogP contribution in [-0.4, -0.2) is 31.9 Å². The predicted molar refractivity (Wildman–Crippen MR) is 90.0 cm³/mol. The van der Waals surface area contributed by atoms with Gasteiger partial charge in [-0.3, -0.25) is 0 Å². The lowest BCUT2D eigenvalue weighted by atomic mass is 9.99. The summed E-state index contributed by atoms with van der Waals surface area (Å²) >= 11 is 0. The monoisotopic (exact) mass is 348 g/mol. The van der Waals surface area contributed by atoms with E-state index < -0.39 is 16.1 Å². The smallest absolute Gasteiger partial charge is 0.247 e. The van der Waals surface area contributed by atoms with E-state index in [4.69, 9.17) is 4.74 Å². The lowest BCUT2D eigenvalue weighted by Gasteiger charge is -2.21. The number of halogens is 1. The van der Waals surface area contributed by atoms with E-state index in [1.165, 1.54) is 12.1 Å². The molecule has 0 N–H and O–H groups in total. The average Bonchev–Trinajstić information content (AvgIpc) is 3.01. The van der Waals surface area contributed by atoms with Gasteiger partial charge in [0, 0.05) is 6.42 Å². The highest BCUT2D eigenvalue weighted by Gasteiger charge is 2.34. The second-order valence-corrected chi connectivity index (χ2v) is 7.42. The number of hydrogen-bond acceptors (Lipinski definition) is 4. The molecule has 0 amide bonds. The number of hydrazone groups is 1. The maximum Gasteiger partial charge on any atom is 0.247 e. The Morgan fingerprint density at radius 3 is 2.29 bits per heavy atom. The van der Waals surface area contributed by atoms with Crippen molar-refractivity contribution < 1.29 is 17.5 Å². The van der Waals surface area contributed by atoms with Gasteiger partial charge < -0.3 is 4.74 Å². The Labute approximate surface area is 140 Å². The van der Waals surface area contributed by atoms with Crippen LogP contribution in [0, 0.1) is 5.82 Å². The molecule has 0 saturated heterocycles. The van der Waals surface area contributed by atoms with Crippen LogP contribution in [0.4, 0.5) is 4.39 Å². The van der Waals surface area contributed by atoms with E-state index in [0.29, 0.717) is 23.4 Å². The van der Waals surface area contributed by atoms with Crippen LogP contribution in [0.15, 0.2) is 53.6 Å². The summed E-state index contributed by atoms with van der Waals surface area (Å²) in [4.78, 5) is 0. The fourth-order valence-electron chi connectivity index (χ4n) is 2.69. The molecule has 1 aliphatic rings. The summed E-state index contributed by atoms with van der Waals surface area (Å²) < 4.78 is 43.5. The molecule has 0 aliphatic carbocycles. The van der Waals surface area contributed by atoms with Gasteiger partial charge in [-0.2, -0.15) is 9.52 Å². The van der Waals surface area contributed by atoms with Crippen LogP contribution in [-0.2, 0) is 10.0 Å². The van der Waals surface area contributed by atoms with E-state index >= 15 is 0 Å². The van der Waals surface area contributed by atoms with E-state index in [9.17, 15) is 12.8 Å². The van der Waals surface area contributed by atoms with Crippen LogP contribution in [0.1, 0.15) is 23.6 Å². The van der Waals surface area contributed by atoms with Crippen molar-refractivity contribution in [2.75, 3.05) is 13.4 Å². The molecule has 2 aromatic rings. The van der Waals surface area contributed by atoms with Crippen molar-refractivity contribution in [1.82, 2.24) is 4.41 Å². The molecule has 7 heteroatoms. The molecule has 0 radical (unpaired) electrons. The molecule has 1 heterocycles. The van der Waals surface area contributed by atoms with Gasteiger partial charge in [-0.15, -0.1) is 0 Å². The zero-order valence-corrected chi connectivity index (χ0v) is 14.1. The summed E-state index contributed by atoms with van der Waals surface area (Å²) in [5.74, 6) is 0.353. The first-order valence-corrected chi connectivity index (χ1v) is 9.20. The highest BCUT2D eigenvalue weighted by Crippen LogP contribution is 2.34. The summed E-state index contributed by atoms with van der Waals surface area (Å²) in [5.41, 5.74) is 2.19. The standard InChI is InChI=1S/C17H17FN2O3S/c1-23-15-9-5-12(6-10-15)16-11-17(20(19-16)24(2,21)22)13-3-7-14(18)8-4-13/h3-10,17H,11H2,1-2H3/t17-/m0/s1. The first kappa shape index (κ1) is 16.4. The van der Waals surface area contributed by atoms with Crippen molar-refractivity contribution in [1.29, 1.82) is 0 Å². The van der Waals surface area contributed by atoms with Crippen molar-refractivity contribution in [2.24, 2.45) is 5.10 Å². The van der Waals surface area contributed by atoms with Crippen molar-refractivity contribution >= 4 is 15.7 Å². The number of sulfonamides is 1. The van der Waals surface area contributed by atoms with Crippen LogP contribution in [0.3, 0.4) is 0 Å². The third-order valence-corrected chi connectivity index (χ3v) is 4.91. The normalized spacial score (nSPS) is 17.7. The second kappa shape index (κ2) is 6.24. The summed E-state index contributed by atoms with van der Waals surface area (Å²) in [7, 11) is -1.95. The van der Waals surface area contributed by atoms with E-state index in [1.807, 2.05) is 12.1 Å². The SMILES string of the molecule is COc1ccc(C2=NN(S(C)(=O)=O)[C@H](c3ccc(F)cc3)C2)cc1. The van der Waals surface area contributed by atoms with Crippen molar-refractivity contribution in [2.45, 2.75) is 12.5 Å². The Bertz CT molecular complexity index is 862. The fourth-order valence-corrected chi connectivity index (χ4v) is 3.59. The van der Waals surface area contributed by atoms with Gasteiger partial charge in [0.15, 0.2) is 0 Å². The van der Waals surface area contributed by atoms with E-state index in [0.717, 1.165) is 16.2 Å². The van der Waals surface area contributed by atoms with Crippen LogP contribution < -0.4 is 4.74 Å². The molecule has 24 heavy (non-hydrogen) atoms. The molecule has 5 nitrogen and oxygen atoms in total. The van der Waals surface area contributed by atoms with Gasteiger partial charge in [0.25, 0.3) is 0 Å². The highest BCUT2D eigenvalue weighted by molar-refractivity contribution is 7.88. The van der Waals surface area contributed by atoms with Crippen molar-refractivity contribution in [3.05, 3.63) is 65.5 Å². The van der Waals surface area contributed by atoms with Gasteiger partial charge in [-0.05, 0) is 47.5 Å². The number of benzene rings is 2. The summed E-state index contributed by atoms with van der Waals surface area (Å²) in [6.45, 7) is 0. The number of nitrogens with zero attached hydrogens (tertiary/aromatic N) is 2. The largest absolute Gasteiger partial charge is 0.497 e. The summed E-state index contributed by atoms with van der Waals surface area (Å²) in [5, 5.41) is 4.29. The maximum absolute atomic E-state index is 13.1. The van der Waals surface area contributed by atoms with E-state index in [-0.39, 0.29) is 5.82 Å². The molecule has 0 aromatic heterocycles. The van der Waals surface area contributed by atoms with Crippen molar-refractivity contribution in [3.8, 4) is 5.75 Å². The van der Waals surface area contributed by atoms with Gasteiger partial charge >= 0.3 is 0 Å². The fraction of sp³-hybridized carbons (Fsp3) is 0.235. The van der Waals surface area contributed by atoms with Gasteiger partial charge in [0.05, 0.1) is 25.1 Å². The summed E-state index contributed by atoms with van der Waals surface area (Å²) in [6.07, 6.45) is 1.54. The number of ether oxygens (including phenoxy) is 1. The van der Waals surface area contributed by atoms with Gasteiger partial charge in [0.2, 0.25) is 10.0 Å². The van der Waals surface area contributed by atoms with E-state index in [2.05, 4.69) is 5.10 Å². The average molecular weight is 348 g/mol. The second-order valence-electron chi connectivity index (χ2n) is 5.58. The Morgan fingerprint density at radius 2 is 1.75 bits per heavy atom. The Kier molecular flexibility index (Phi) is 4.28. The zero-order chi connectivity index (χ0) is 17.3. The Morgan fingerprint density at radius 1 is 1.12 bits per heavy atom. The third-order valence-electron chi connectivity index (χ3n) is 3.89. The van der Waals surface area contributed by atoms with Crippen LogP contribution >= 0.6 is 0 Å². The molecule has 2 aromatic carbocycles. The minimum atomic E-state index is -3.54. The lowest BCUT2D eigenvalue weighted by molar-refractivity contribution is 0.374. The molecular formula is C17H17FN2O3S. The number of methoxy groups -OCH3 is 1. The summed E-state index contributed by atoms with van der Waals surface area (Å²) in [6, 6.07) is 12.6. The maximum atomic E-state index is 13.1. The molecular weight excluding hydrogens is 331 g/mol. The first-order valence-electron chi connectivity index (χ1n) is 7.35. The predicted octanol–water partition coefficient (Wildman–Crippen LogP) is 2.95. The molecule has 3 rings (SSSR count). The molecule has 0 bridgehead atoms. The van der Waals surface area contributed by atoms with Crippen molar-refractivity contribution in [3.63, 3.8) is 0 Å². The van der Waals surface area contributed by atoms with Crippen LogP contribution in [0.25, 0.3) is 0 Å². The first-order chi connectivity index (χ1) is 11.4. The van der Waals surface area contributed by atoms with Gasteiger partial charge in [-0.25, -0.2) is 12.8 Å². The van der Waals surface area contributed by atoms with Crippen LogP contribution in [0.5, 0.6) is 5.75 Å². The van der Waals surface area contributed by atoms with Gasteiger partial charge in [0.1, 0.15) is 11.6 Å². The highest BCUT2D eigenvalue weighted by atomic mass is 32.2. The number of hydrogen-bond donors (Lipinski definition) is 0. The Hall–Kier alpha value is -2.41. The topological polar surface area (TPSA) is 59.0 Å². The molecule has 0 spiro atoms. The molecule has 1 aliphatic heterocycles. The quantitative estimate of drug-likeness (QED) is 0.853. The molecule has 0 saturated carbocycles. The minimum absolute atomic E-state index is 0.362. The minimum Gasteiger partial charge on any atom is -0.497 e. The third kappa shape index (κ3) is 3.26.